The van der Waals surface area contributed by atoms with Gasteiger partial charge in [-0.3, -0.25) is 28.9 Å². The molecule has 2 aliphatic heterocycles. The predicted octanol–water partition coefficient (Wildman–Crippen LogP) is 1.71. The van der Waals surface area contributed by atoms with E-state index in [1.165, 1.54) is 44.4 Å². The van der Waals surface area contributed by atoms with Crippen molar-refractivity contribution in [2.75, 3.05) is 73.2 Å². The quantitative estimate of drug-likeness (QED) is 0.0356. The van der Waals surface area contributed by atoms with Gasteiger partial charge in [0.15, 0.2) is 6.10 Å². The zero-order chi connectivity index (χ0) is 64.1. The summed E-state index contributed by atoms with van der Waals surface area (Å²) < 4.78 is 39.5. The fourth-order valence-corrected chi connectivity index (χ4v) is 10.8. The number of rotatable bonds is 34. The number of nitrogens with two attached hydrogens (primary N) is 1. The molecule has 4 rings (SSSR count). The number of carboxylic acids is 1. The van der Waals surface area contributed by atoms with E-state index in [4.69, 9.17) is 39.1 Å². The molecule has 2 aliphatic rings. The number of amides is 6. The minimum atomic E-state index is -2.01. The smallest absolute Gasteiger partial charge is 0.410 e. The Balaban J connectivity index is 1.50. The lowest BCUT2D eigenvalue weighted by Gasteiger charge is -2.41. The maximum atomic E-state index is 14.9. The predicted molar refractivity (Wildman–Crippen MR) is 310 cm³/mol. The van der Waals surface area contributed by atoms with Crippen molar-refractivity contribution < 1.29 is 97.1 Å². The van der Waals surface area contributed by atoms with Crippen LogP contribution in [0, 0.1) is 23.7 Å². The third kappa shape index (κ3) is 19.7. The normalized spacial score (nSPS) is 21.9. The Morgan fingerprint density at radius 3 is 2.08 bits per heavy atom. The number of methoxy groups -OCH3 is 2. The van der Waals surface area contributed by atoms with Gasteiger partial charge in [0.05, 0.1) is 75.2 Å². The molecular formula is C59H93N7O20. The molecule has 0 aromatic heterocycles. The standard InChI is InChI=1S/C59H93N7O20/c1-13-34(6)47(42(79-11)29-44(68)66-23-17-20-40(66)52(80-12)35(7)54(73)61-36(8)48(69)37-18-15-14-16-19-37)64(9)56(75)45(32(2)3)63-55(74)46(33(4)5)65(10)59(78)83-30-38-28-39(62-43(67)31-82-25-24-81-26-27-84-60)21-22-41(38)85-58-51(72)49(70)50(71)53(86-58)57(76)77/h14-16,18-19,21-22,28,32-36,40,42,45-53,58,69-72H,13,17,20,23-27,29-31,60H2,1-12H3,(H,61,73)(H,62,67)(H,63,74)(H,76,77)/t34-,35+,36+,40-,42+,45-,46-,47-,48+,49-,50-,51?,52+,53?,58+/m0/s1. The first-order valence-electron chi connectivity index (χ1n) is 29.1. The SMILES string of the molecule is CC[C@H](C)[C@@H]([C@@H](CC(=O)N1CCC[C@H]1[C@H](OC)[C@@H](C)C(=O)N[C@H](C)[C@@H](O)c1ccccc1)OC)N(C)C(=O)[C@@H](NC(=O)[C@H](C(C)C)N(C)C(=O)OCc1cc(NC(=O)COCCOCCON)ccc1O[C@@H]1OC(C(=O)O)[C@@H](O)[C@H](O)C1O)C(C)C. The van der Waals surface area contributed by atoms with Crippen LogP contribution in [0.2, 0.25) is 0 Å². The van der Waals surface area contributed by atoms with Gasteiger partial charge in [0.25, 0.3) is 0 Å². The lowest BCUT2D eigenvalue weighted by Crippen LogP contribution is -2.61. The first kappa shape index (κ1) is 72.4. The number of anilines is 1. The number of hydrogen-bond acceptors (Lipinski definition) is 20. The van der Waals surface area contributed by atoms with Gasteiger partial charge in [-0.2, -0.15) is 0 Å². The highest BCUT2D eigenvalue weighted by Gasteiger charge is 2.49. The fraction of sp³-hybridized carbons (Fsp3) is 0.678. The molecule has 2 unspecified atom stereocenters. The fourth-order valence-electron chi connectivity index (χ4n) is 10.8. The van der Waals surface area contributed by atoms with E-state index in [0.717, 1.165) is 4.90 Å². The summed E-state index contributed by atoms with van der Waals surface area (Å²) in [5.74, 6) is -1.20. The largest absolute Gasteiger partial charge is 0.479 e. The third-order valence-corrected chi connectivity index (χ3v) is 15.8. The van der Waals surface area contributed by atoms with Crippen molar-refractivity contribution >= 4 is 47.3 Å². The van der Waals surface area contributed by atoms with Crippen LogP contribution in [0.4, 0.5) is 10.5 Å². The first-order valence-corrected chi connectivity index (χ1v) is 29.1. The summed E-state index contributed by atoms with van der Waals surface area (Å²) in [6.45, 7) is 14.2. The van der Waals surface area contributed by atoms with Crippen molar-refractivity contribution in [3.63, 3.8) is 0 Å². The molecule has 27 nitrogen and oxygen atoms in total. The second-order valence-corrected chi connectivity index (χ2v) is 22.6. The van der Waals surface area contributed by atoms with Gasteiger partial charge in [0.2, 0.25) is 35.8 Å². The average Bonchev–Trinajstić information content (AvgIpc) is 3.75. The first-order chi connectivity index (χ1) is 40.7. The van der Waals surface area contributed by atoms with Crippen LogP contribution in [-0.2, 0) is 68.6 Å². The van der Waals surface area contributed by atoms with Gasteiger partial charge in [-0.15, -0.1) is 0 Å². The Morgan fingerprint density at radius 1 is 0.814 bits per heavy atom. The summed E-state index contributed by atoms with van der Waals surface area (Å²) >= 11 is 0. The molecule has 0 saturated carbocycles. The second kappa shape index (κ2) is 35.0. The van der Waals surface area contributed by atoms with Crippen molar-refractivity contribution in [1.29, 1.82) is 0 Å². The molecule has 0 spiro atoms. The van der Waals surface area contributed by atoms with Gasteiger partial charge in [-0.25, -0.2) is 15.5 Å². The van der Waals surface area contributed by atoms with Gasteiger partial charge < -0.3 is 89.3 Å². The molecular weight excluding hydrogens is 1130 g/mol. The number of aliphatic carboxylic acids is 1. The van der Waals surface area contributed by atoms with E-state index in [1.54, 1.807) is 77.8 Å². The van der Waals surface area contributed by atoms with Crippen molar-refractivity contribution in [1.82, 2.24) is 25.3 Å². The molecule has 2 saturated heterocycles. The Bertz CT molecular complexity index is 2500. The third-order valence-electron chi connectivity index (χ3n) is 15.8. The maximum Gasteiger partial charge on any atom is 0.410 e. The van der Waals surface area contributed by atoms with Crippen LogP contribution in [-0.4, -0.2) is 223 Å². The highest BCUT2D eigenvalue weighted by molar-refractivity contribution is 5.93. The molecule has 2 fully saturated rings. The number of nitrogens with one attached hydrogen (secondary N) is 3. The molecule has 0 aliphatic carbocycles. The number of aliphatic hydroxyl groups excluding tert-OH is 4. The van der Waals surface area contributed by atoms with Gasteiger partial charge >= 0.3 is 12.1 Å². The van der Waals surface area contributed by atoms with Crippen LogP contribution in [0.3, 0.4) is 0 Å². The number of aliphatic hydroxyl groups is 4. The number of carbonyl (C=O) groups excluding carboxylic acids is 6. The van der Waals surface area contributed by atoms with Crippen molar-refractivity contribution in [2.45, 2.75) is 167 Å². The van der Waals surface area contributed by atoms with Crippen molar-refractivity contribution in [3.8, 4) is 5.75 Å². The van der Waals surface area contributed by atoms with E-state index in [9.17, 15) is 59.1 Å². The van der Waals surface area contributed by atoms with E-state index >= 15 is 0 Å². The molecule has 6 amide bonds. The Hall–Kier alpha value is -6.11. The van der Waals surface area contributed by atoms with Crippen LogP contribution < -0.4 is 26.6 Å². The van der Waals surface area contributed by atoms with Crippen LogP contribution in [0.15, 0.2) is 48.5 Å². The van der Waals surface area contributed by atoms with Crippen LogP contribution in [0.5, 0.6) is 5.75 Å². The van der Waals surface area contributed by atoms with Crippen LogP contribution in [0.1, 0.15) is 98.3 Å². The summed E-state index contributed by atoms with van der Waals surface area (Å²) in [6, 6.07) is 8.88. The lowest BCUT2D eigenvalue weighted by molar-refractivity contribution is -0.271. The Kier molecular flexibility index (Phi) is 29.5. The summed E-state index contributed by atoms with van der Waals surface area (Å²) in [7, 11) is 5.89. The van der Waals surface area contributed by atoms with Crippen molar-refractivity contribution in [3.05, 3.63) is 59.7 Å². The Labute approximate surface area is 503 Å². The maximum absolute atomic E-state index is 14.9. The highest BCUT2D eigenvalue weighted by Crippen LogP contribution is 2.32. The molecule has 2 aromatic rings. The number of carboxylic acid groups (broad SMARTS) is 1. The van der Waals surface area contributed by atoms with E-state index < -0.39 is 140 Å². The number of likely N-dealkylation sites (tertiary alicyclic amines) is 1. The van der Waals surface area contributed by atoms with Gasteiger partial charge in [0, 0.05) is 46.1 Å². The van der Waals surface area contributed by atoms with Crippen LogP contribution in [0.25, 0.3) is 0 Å². The number of carbonyl (C=O) groups is 7. The molecule has 2 heterocycles. The molecule has 27 heteroatoms. The lowest BCUT2D eigenvalue weighted by atomic mass is 9.89. The molecule has 86 heavy (non-hydrogen) atoms. The van der Waals surface area contributed by atoms with Gasteiger partial charge in [0.1, 0.15) is 49.4 Å². The zero-order valence-corrected chi connectivity index (χ0v) is 51.5. The van der Waals surface area contributed by atoms with E-state index in [1.807, 2.05) is 19.9 Å². The number of likely N-dealkylation sites (N-methyl/N-ethyl adjacent to an activating group) is 2. The number of benzene rings is 2. The molecule has 0 radical (unpaired) electrons. The van der Waals surface area contributed by atoms with Gasteiger partial charge in [-0.05, 0) is 61.3 Å². The van der Waals surface area contributed by atoms with Crippen molar-refractivity contribution in [2.24, 2.45) is 29.6 Å². The summed E-state index contributed by atoms with van der Waals surface area (Å²) in [6.07, 6.45) is -11.6. The number of nitrogens with zero attached hydrogens (tertiary/aromatic N) is 3. The summed E-state index contributed by atoms with van der Waals surface area (Å²) in [5.41, 5.74) is 0.827. The number of ether oxygens (including phenoxy) is 7. The topological polar surface area (TPSA) is 366 Å². The minimum absolute atomic E-state index is 0.0240. The minimum Gasteiger partial charge on any atom is -0.479 e. The van der Waals surface area contributed by atoms with Crippen LogP contribution >= 0.6 is 0 Å². The highest BCUT2D eigenvalue weighted by atomic mass is 16.7. The van der Waals surface area contributed by atoms with E-state index in [0.29, 0.717) is 31.4 Å². The number of hydrogen-bond donors (Lipinski definition) is 9. The zero-order valence-electron chi connectivity index (χ0n) is 51.5. The average molecular weight is 1220 g/mol. The van der Waals surface area contributed by atoms with E-state index in [-0.39, 0.29) is 67.6 Å². The molecule has 484 valence electrons. The Morgan fingerprint density at radius 2 is 1.48 bits per heavy atom. The van der Waals surface area contributed by atoms with E-state index in [2.05, 4.69) is 20.8 Å². The molecule has 10 N–H and O–H groups in total. The second-order valence-electron chi connectivity index (χ2n) is 22.6. The monoisotopic (exact) mass is 1220 g/mol. The molecule has 2 aromatic carbocycles. The summed E-state index contributed by atoms with van der Waals surface area (Å²) in [5, 5.41) is 60.5. The molecule has 0 bridgehead atoms. The molecule has 15 atom stereocenters. The summed E-state index contributed by atoms with van der Waals surface area (Å²) in [4.78, 5) is 105. The van der Waals surface area contributed by atoms with Gasteiger partial charge in [-0.1, -0.05) is 85.2 Å².